The second kappa shape index (κ2) is 4.72. The topological polar surface area (TPSA) is 84.3 Å². The van der Waals surface area contributed by atoms with Crippen LogP contribution in [-0.4, -0.2) is 39.5 Å². The zero-order chi connectivity index (χ0) is 13.5. The summed E-state index contributed by atoms with van der Waals surface area (Å²) in [6, 6.07) is 0. The van der Waals surface area contributed by atoms with Gasteiger partial charge in [-0.3, -0.25) is 4.79 Å². The summed E-state index contributed by atoms with van der Waals surface area (Å²) < 4.78 is 6.02. The maximum absolute atomic E-state index is 10.8. The highest BCUT2D eigenvalue weighted by molar-refractivity contribution is 7.15. The largest absolute Gasteiger partial charge is 0.481 e. The molecule has 0 bridgehead atoms. The Morgan fingerprint density at radius 1 is 1.58 bits per heavy atom. The number of ether oxygens (including phenoxy) is 1. The van der Waals surface area contributed by atoms with Crippen LogP contribution in [0.2, 0.25) is 0 Å². The Bertz CT molecular complexity index is 484. The second-order valence-electron chi connectivity index (χ2n) is 5.41. The Morgan fingerprint density at radius 3 is 3.00 bits per heavy atom. The molecule has 1 saturated heterocycles. The summed E-state index contributed by atoms with van der Waals surface area (Å²) in [7, 11) is 0. The van der Waals surface area contributed by atoms with Gasteiger partial charge in [-0.25, -0.2) is 0 Å². The summed E-state index contributed by atoms with van der Waals surface area (Å²) in [4.78, 5) is 10.8. The van der Waals surface area contributed by atoms with Crippen LogP contribution in [0.5, 0.6) is 0 Å². The number of nitrogens with zero attached hydrogens (tertiary/aromatic N) is 2. The number of carboxylic acid groups (broad SMARTS) is 1. The molecule has 2 heterocycles. The van der Waals surface area contributed by atoms with Crippen LogP contribution in [0.25, 0.3) is 0 Å². The highest BCUT2D eigenvalue weighted by atomic mass is 32.1. The van der Waals surface area contributed by atoms with Crippen LogP contribution in [-0.2, 0) is 9.53 Å². The molecule has 1 aliphatic carbocycles. The number of aliphatic carboxylic acids is 1. The molecule has 2 aliphatic rings. The number of hydrogen-bond acceptors (Lipinski definition) is 6. The van der Waals surface area contributed by atoms with Gasteiger partial charge >= 0.3 is 5.97 Å². The van der Waals surface area contributed by atoms with Gasteiger partial charge in [0, 0.05) is 6.54 Å². The van der Waals surface area contributed by atoms with E-state index in [1.165, 1.54) is 11.3 Å². The van der Waals surface area contributed by atoms with E-state index in [1.807, 2.05) is 6.92 Å². The van der Waals surface area contributed by atoms with Crippen molar-refractivity contribution in [2.45, 2.75) is 44.3 Å². The van der Waals surface area contributed by atoms with Crippen molar-refractivity contribution >= 4 is 22.4 Å². The molecule has 2 fully saturated rings. The molecule has 1 aromatic rings. The number of carbonyl (C=O) groups is 1. The van der Waals surface area contributed by atoms with Gasteiger partial charge < -0.3 is 15.2 Å². The summed E-state index contributed by atoms with van der Waals surface area (Å²) in [5.41, 5.74) is -0.160. The number of nitrogens with one attached hydrogen (secondary N) is 1. The van der Waals surface area contributed by atoms with Crippen LogP contribution in [0, 0.1) is 12.8 Å². The minimum absolute atomic E-state index is 0.152. The Balaban J connectivity index is 1.46. The molecule has 7 heteroatoms. The number of aromatic nitrogens is 2. The van der Waals surface area contributed by atoms with E-state index in [0.29, 0.717) is 19.4 Å². The molecule has 0 amide bonds. The van der Waals surface area contributed by atoms with Crippen LogP contribution in [0.1, 0.15) is 30.7 Å². The first-order valence-electron chi connectivity index (χ1n) is 6.51. The lowest BCUT2D eigenvalue weighted by molar-refractivity contribution is -0.164. The van der Waals surface area contributed by atoms with Crippen LogP contribution in [0.15, 0.2) is 0 Å². The average molecular weight is 283 g/mol. The maximum Gasteiger partial charge on any atom is 0.306 e. The van der Waals surface area contributed by atoms with E-state index in [9.17, 15) is 4.79 Å². The lowest BCUT2D eigenvalue weighted by Crippen LogP contribution is -2.47. The van der Waals surface area contributed by atoms with Gasteiger partial charge in [0.05, 0.1) is 17.6 Å². The molecule has 6 nitrogen and oxygen atoms in total. The summed E-state index contributed by atoms with van der Waals surface area (Å²) in [6.07, 6.45) is 3.43. The van der Waals surface area contributed by atoms with Crippen LogP contribution >= 0.6 is 11.3 Å². The standard InChI is InChI=1S/C12H17N3O3S/c1-7-14-15-11(19-7)13-6-9-2-3-12(18-9)4-8(5-12)10(16)17/h8-9H,2-6H2,1H3,(H,13,15)(H,16,17). The number of hydrogen-bond donors (Lipinski definition) is 2. The first-order valence-corrected chi connectivity index (χ1v) is 7.33. The van der Waals surface area contributed by atoms with Crippen molar-refractivity contribution < 1.29 is 14.6 Å². The molecule has 1 aliphatic heterocycles. The Morgan fingerprint density at radius 2 is 2.37 bits per heavy atom. The number of rotatable bonds is 4. The molecule has 19 heavy (non-hydrogen) atoms. The lowest BCUT2D eigenvalue weighted by Gasteiger charge is -2.42. The second-order valence-corrected chi connectivity index (χ2v) is 6.59. The van der Waals surface area contributed by atoms with E-state index in [1.54, 1.807) is 0 Å². The van der Waals surface area contributed by atoms with Gasteiger partial charge in [0.25, 0.3) is 0 Å². The molecule has 104 valence electrons. The van der Waals surface area contributed by atoms with Crippen LogP contribution in [0.4, 0.5) is 5.13 Å². The smallest absolute Gasteiger partial charge is 0.306 e. The fraction of sp³-hybridized carbons (Fsp3) is 0.750. The fourth-order valence-corrected chi connectivity index (χ4v) is 3.52. The third kappa shape index (κ3) is 2.57. The molecule has 1 saturated carbocycles. The van der Waals surface area contributed by atoms with E-state index in [-0.39, 0.29) is 17.6 Å². The van der Waals surface area contributed by atoms with Crippen molar-refractivity contribution in [2.24, 2.45) is 5.92 Å². The summed E-state index contributed by atoms with van der Waals surface area (Å²) in [5, 5.41) is 21.9. The average Bonchev–Trinajstić information content (AvgIpc) is 2.90. The first-order chi connectivity index (χ1) is 9.06. The summed E-state index contributed by atoms with van der Waals surface area (Å²) in [6.45, 7) is 2.64. The fourth-order valence-electron chi connectivity index (χ4n) is 2.92. The van der Waals surface area contributed by atoms with Gasteiger partial charge in [0.1, 0.15) is 5.01 Å². The highest BCUT2D eigenvalue weighted by Gasteiger charge is 2.52. The zero-order valence-electron chi connectivity index (χ0n) is 10.8. The molecule has 2 N–H and O–H groups in total. The lowest BCUT2D eigenvalue weighted by atomic mass is 9.69. The SMILES string of the molecule is Cc1nnc(NCC2CCC3(CC(C(=O)O)C3)O2)s1. The molecule has 1 spiro atoms. The minimum atomic E-state index is -0.694. The summed E-state index contributed by atoms with van der Waals surface area (Å²) in [5.74, 6) is -0.905. The van der Waals surface area contributed by atoms with E-state index in [0.717, 1.165) is 23.0 Å². The van der Waals surface area contributed by atoms with Gasteiger partial charge in [-0.2, -0.15) is 0 Å². The van der Waals surface area contributed by atoms with Gasteiger partial charge in [-0.05, 0) is 32.6 Å². The van der Waals surface area contributed by atoms with Crippen LogP contribution in [0.3, 0.4) is 0 Å². The van der Waals surface area contributed by atoms with Crippen molar-refractivity contribution in [3.8, 4) is 0 Å². The van der Waals surface area contributed by atoms with E-state index in [2.05, 4.69) is 15.5 Å². The van der Waals surface area contributed by atoms with Crippen molar-refractivity contribution in [1.29, 1.82) is 0 Å². The highest BCUT2D eigenvalue weighted by Crippen LogP contribution is 2.49. The van der Waals surface area contributed by atoms with Crippen molar-refractivity contribution in [3.63, 3.8) is 0 Å². The third-order valence-corrected chi connectivity index (χ3v) is 4.73. The molecule has 1 unspecified atom stereocenters. The molecule has 0 radical (unpaired) electrons. The molecule has 3 rings (SSSR count). The Labute approximate surface area is 115 Å². The van der Waals surface area contributed by atoms with Gasteiger partial charge in [-0.15, -0.1) is 10.2 Å². The first kappa shape index (κ1) is 12.8. The van der Waals surface area contributed by atoms with Gasteiger partial charge in [-0.1, -0.05) is 11.3 Å². The molecular formula is C12H17N3O3S. The quantitative estimate of drug-likeness (QED) is 0.874. The van der Waals surface area contributed by atoms with Crippen molar-refractivity contribution in [3.05, 3.63) is 5.01 Å². The van der Waals surface area contributed by atoms with E-state index in [4.69, 9.17) is 9.84 Å². The number of anilines is 1. The third-order valence-electron chi connectivity index (χ3n) is 3.93. The molecule has 1 atom stereocenters. The number of carboxylic acids is 1. The Hall–Kier alpha value is -1.21. The predicted molar refractivity (Wildman–Crippen MR) is 70.3 cm³/mol. The summed E-state index contributed by atoms with van der Waals surface area (Å²) >= 11 is 1.53. The maximum atomic E-state index is 10.8. The van der Waals surface area contributed by atoms with Crippen LogP contribution < -0.4 is 5.32 Å². The van der Waals surface area contributed by atoms with Crippen molar-refractivity contribution in [1.82, 2.24) is 10.2 Å². The van der Waals surface area contributed by atoms with E-state index < -0.39 is 5.97 Å². The van der Waals surface area contributed by atoms with Gasteiger partial charge in [0.15, 0.2) is 0 Å². The molecule has 0 aromatic carbocycles. The minimum Gasteiger partial charge on any atom is -0.481 e. The normalized spacial score (nSPS) is 33.3. The monoisotopic (exact) mass is 283 g/mol. The molecular weight excluding hydrogens is 266 g/mol. The van der Waals surface area contributed by atoms with E-state index >= 15 is 0 Å². The predicted octanol–water partition coefficient (Wildman–Crippen LogP) is 1.67. The zero-order valence-corrected chi connectivity index (χ0v) is 11.6. The Kier molecular flexibility index (Phi) is 3.18. The van der Waals surface area contributed by atoms with Crippen molar-refractivity contribution in [2.75, 3.05) is 11.9 Å². The number of aryl methyl sites for hydroxylation is 1. The molecule has 1 aromatic heterocycles. The van der Waals surface area contributed by atoms with Gasteiger partial charge in [0.2, 0.25) is 5.13 Å².